The zero-order valence-electron chi connectivity index (χ0n) is 13.3. The van der Waals surface area contributed by atoms with E-state index >= 15 is 0 Å². The van der Waals surface area contributed by atoms with Crippen LogP contribution in [-0.4, -0.2) is 30.6 Å². The number of hydrogen-bond donors (Lipinski definition) is 2. The van der Waals surface area contributed by atoms with E-state index in [-0.39, 0.29) is 11.5 Å². The fourth-order valence-corrected chi connectivity index (χ4v) is 2.34. The third kappa shape index (κ3) is 2.94. The summed E-state index contributed by atoms with van der Waals surface area (Å²) < 4.78 is 1.83. The van der Waals surface area contributed by atoms with Crippen molar-refractivity contribution in [3.63, 3.8) is 0 Å². The normalized spacial score (nSPS) is 11.9. The molecule has 0 aliphatic heterocycles. The zero-order valence-corrected chi connectivity index (χ0v) is 13.3. The highest BCUT2D eigenvalue weighted by Crippen LogP contribution is 2.21. The highest BCUT2D eigenvalue weighted by molar-refractivity contribution is 5.96. The minimum atomic E-state index is -0.480. The number of benzene rings is 1. The first-order chi connectivity index (χ1) is 11.6. The van der Waals surface area contributed by atoms with E-state index in [1.165, 1.54) is 12.4 Å². The first-order valence-electron chi connectivity index (χ1n) is 7.36. The second kappa shape index (κ2) is 6.45. The molecule has 122 valence electrons. The average Bonchev–Trinajstić information content (AvgIpc) is 2.93. The van der Waals surface area contributed by atoms with Crippen molar-refractivity contribution in [2.45, 2.75) is 13.0 Å². The summed E-state index contributed by atoms with van der Waals surface area (Å²) in [6.07, 6.45) is 2.86. The van der Waals surface area contributed by atoms with Crippen molar-refractivity contribution < 1.29 is 4.79 Å². The second-order valence-corrected chi connectivity index (χ2v) is 5.27. The molecule has 3 rings (SSSR count). The average molecular weight is 323 g/mol. The van der Waals surface area contributed by atoms with Gasteiger partial charge < -0.3 is 15.6 Å². The SMILES string of the molecule is Cc1nnc([C@H](NC(=O)c2nccnc2N)c2ccccc2)n1C. The van der Waals surface area contributed by atoms with Gasteiger partial charge >= 0.3 is 0 Å². The van der Waals surface area contributed by atoms with E-state index in [1.807, 2.05) is 48.9 Å². The number of hydrogen-bond acceptors (Lipinski definition) is 6. The van der Waals surface area contributed by atoms with Gasteiger partial charge in [0, 0.05) is 19.4 Å². The van der Waals surface area contributed by atoms with Crippen molar-refractivity contribution in [3.05, 3.63) is 65.6 Å². The Hall–Kier alpha value is -3.29. The quantitative estimate of drug-likeness (QED) is 0.741. The number of anilines is 1. The lowest BCUT2D eigenvalue weighted by atomic mass is 10.1. The molecule has 0 saturated heterocycles. The molecule has 3 N–H and O–H groups in total. The molecule has 0 aliphatic rings. The summed E-state index contributed by atoms with van der Waals surface area (Å²) in [6, 6.07) is 9.05. The maximum absolute atomic E-state index is 12.6. The van der Waals surface area contributed by atoms with Crippen molar-refractivity contribution >= 4 is 11.7 Å². The molecule has 0 aliphatic carbocycles. The largest absolute Gasteiger partial charge is 0.382 e. The van der Waals surface area contributed by atoms with Crippen LogP contribution in [0.2, 0.25) is 0 Å². The Morgan fingerprint density at radius 3 is 2.50 bits per heavy atom. The third-order valence-electron chi connectivity index (χ3n) is 3.73. The van der Waals surface area contributed by atoms with Crippen LogP contribution in [0.5, 0.6) is 0 Å². The molecule has 0 unspecified atom stereocenters. The van der Waals surface area contributed by atoms with Crippen LogP contribution < -0.4 is 11.1 Å². The summed E-state index contributed by atoms with van der Waals surface area (Å²) in [5, 5.41) is 11.2. The van der Waals surface area contributed by atoms with Gasteiger partial charge in [0.15, 0.2) is 17.3 Å². The van der Waals surface area contributed by atoms with E-state index in [0.717, 1.165) is 11.4 Å². The highest BCUT2D eigenvalue weighted by atomic mass is 16.2. The van der Waals surface area contributed by atoms with Crippen molar-refractivity contribution in [2.75, 3.05) is 5.73 Å². The Balaban J connectivity index is 1.98. The van der Waals surface area contributed by atoms with Gasteiger partial charge in [0.1, 0.15) is 11.9 Å². The minimum Gasteiger partial charge on any atom is -0.382 e. The van der Waals surface area contributed by atoms with E-state index in [9.17, 15) is 4.79 Å². The van der Waals surface area contributed by atoms with Gasteiger partial charge in [-0.05, 0) is 12.5 Å². The van der Waals surface area contributed by atoms with Crippen LogP contribution in [0.3, 0.4) is 0 Å². The van der Waals surface area contributed by atoms with Gasteiger partial charge in [-0.1, -0.05) is 30.3 Å². The smallest absolute Gasteiger partial charge is 0.274 e. The lowest BCUT2D eigenvalue weighted by Crippen LogP contribution is -2.32. The van der Waals surface area contributed by atoms with Crippen LogP contribution in [0.4, 0.5) is 5.82 Å². The summed E-state index contributed by atoms with van der Waals surface area (Å²) in [4.78, 5) is 20.5. The number of nitrogens with one attached hydrogen (secondary N) is 1. The van der Waals surface area contributed by atoms with Crippen LogP contribution in [0.1, 0.15) is 33.7 Å². The number of rotatable bonds is 4. The van der Waals surface area contributed by atoms with Crippen LogP contribution >= 0.6 is 0 Å². The number of nitrogens with zero attached hydrogens (tertiary/aromatic N) is 5. The second-order valence-electron chi connectivity index (χ2n) is 5.27. The maximum atomic E-state index is 12.6. The Morgan fingerprint density at radius 1 is 1.17 bits per heavy atom. The Labute approximate surface area is 138 Å². The summed E-state index contributed by atoms with van der Waals surface area (Å²) in [7, 11) is 1.85. The van der Waals surface area contributed by atoms with Crippen LogP contribution in [0.25, 0.3) is 0 Å². The molecule has 2 heterocycles. The van der Waals surface area contributed by atoms with Gasteiger partial charge in [-0.2, -0.15) is 0 Å². The van der Waals surface area contributed by atoms with E-state index in [4.69, 9.17) is 5.73 Å². The molecular weight excluding hydrogens is 306 g/mol. The van der Waals surface area contributed by atoms with E-state index in [0.29, 0.717) is 5.82 Å². The molecular formula is C16H17N7O. The van der Waals surface area contributed by atoms with Gasteiger partial charge in [0.2, 0.25) is 0 Å². The topological polar surface area (TPSA) is 112 Å². The van der Waals surface area contributed by atoms with Gasteiger partial charge in [0.05, 0.1) is 0 Å². The number of carbonyl (C=O) groups is 1. The molecule has 8 heteroatoms. The molecule has 2 aromatic heterocycles. The number of carbonyl (C=O) groups excluding carboxylic acids is 1. The predicted octanol–water partition coefficient (Wildman–Crippen LogP) is 1.02. The number of nitrogen functional groups attached to an aromatic ring is 1. The fourth-order valence-electron chi connectivity index (χ4n) is 2.34. The molecule has 0 fully saturated rings. The molecule has 0 spiro atoms. The monoisotopic (exact) mass is 323 g/mol. The third-order valence-corrected chi connectivity index (χ3v) is 3.73. The summed E-state index contributed by atoms with van der Waals surface area (Å²) >= 11 is 0. The summed E-state index contributed by atoms with van der Waals surface area (Å²) in [5.74, 6) is 1.03. The minimum absolute atomic E-state index is 0.0796. The standard InChI is InChI=1S/C16H17N7O/c1-10-21-22-15(23(10)2)12(11-6-4-3-5-7-11)20-16(24)13-14(17)19-9-8-18-13/h3-9,12H,1-2H3,(H2,17,19)(H,20,24)/t12-/m1/s1. The van der Waals surface area contributed by atoms with Crippen LogP contribution in [0, 0.1) is 6.92 Å². The van der Waals surface area contributed by atoms with Crippen molar-refractivity contribution in [1.29, 1.82) is 0 Å². The van der Waals surface area contributed by atoms with E-state index in [2.05, 4.69) is 25.5 Å². The van der Waals surface area contributed by atoms with Gasteiger partial charge in [-0.15, -0.1) is 10.2 Å². The van der Waals surface area contributed by atoms with Crippen molar-refractivity contribution in [2.24, 2.45) is 7.05 Å². The molecule has 0 radical (unpaired) electrons. The number of aromatic nitrogens is 5. The fraction of sp³-hybridized carbons (Fsp3) is 0.188. The van der Waals surface area contributed by atoms with Crippen molar-refractivity contribution in [1.82, 2.24) is 30.0 Å². The molecule has 3 aromatic rings. The lowest BCUT2D eigenvalue weighted by molar-refractivity contribution is 0.0936. The van der Waals surface area contributed by atoms with Crippen LogP contribution in [0.15, 0.2) is 42.7 Å². The first-order valence-corrected chi connectivity index (χ1v) is 7.36. The van der Waals surface area contributed by atoms with Crippen molar-refractivity contribution in [3.8, 4) is 0 Å². The van der Waals surface area contributed by atoms with Gasteiger partial charge in [-0.3, -0.25) is 4.79 Å². The molecule has 1 aromatic carbocycles. The summed E-state index contributed by atoms with van der Waals surface area (Å²) in [5.41, 5.74) is 6.70. The lowest BCUT2D eigenvalue weighted by Gasteiger charge is -2.18. The van der Waals surface area contributed by atoms with Gasteiger partial charge in [-0.25, -0.2) is 9.97 Å². The summed E-state index contributed by atoms with van der Waals surface area (Å²) in [6.45, 7) is 1.85. The Kier molecular flexibility index (Phi) is 4.19. The zero-order chi connectivity index (χ0) is 17.1. The van der Waals surface area contributed by atoms with E-state index < -0.39 is 11.9 Å². The number of amides is 1. The van der Waals surface area contributed by atoms with E-state index in [1.54, 1.807) is 0 Å². The first kappa shape index (κ1) is 15.6. The molecule has 0 bridgehead atoms. The molecule has 1 atom stereocenters. The predicted molar refractivity (Wildman–Crippen MR) is 87.9 cm³/mol. The molecule has 1 amide bonds. The maximum Gasteiger partial charge on any atom is 0.274 e. The van der Waals surface area contributed by atoms with Crippen LogP contribution in [-0.2, 0) is 7.05 Å². The number of nitrogens with two attached hydrogens (primary N) is 1. The Morgan fingerprint density at radius 2 is 1.88 bits per heavy atom. The molecule has 0 saturated carbocycles. The molecule has 8 nitrogen and oxygen atoms in total. The number of aryl methyl sites for hydroxylation is 1. The van der Waals surface area contributed by atoms with Gasteiger partial charge in [0.25, 0.3) is 5.91 Å². The molecule has 24 heavy (non-hydrogen) atoms. The Bertz CT molecular complexity index is 860. The highest BCUT2D eigenvalue weighted by Gasteiger charge is 2.24.